The maximum Gasteiger partial charge on any atom is 0.339 e. The van der Waals surface area contributed by atoms with Crippen LogP contribution in [0.15, 0.2) is 42.7 Å². The normalized spacial score (nSPS) is 15.4. The number of hydrogen-bond donors (Lipinski definition) is 4. The molecule has 3 atom stereocenters. The zero-order valence-corrected chi connectivity index (χ0v) is 16.7. The van der Waals surface area contributed by atoms with E-state index in [1.165, 1.54) is 19.4 Å². The van der Waals surface area contributed by atoms with Gasteiger partial charge in [0.15, 0.2) is 0 Å². The van der Waals surface area contributed by atoms with E-state index >= 15 is 0 Å². The number of aromatic carboxylic acids is 1. The highest BCUT2D eigenvalue weighted by Gasteiger charge is 2.24. The quantitative estimate of drug-likeness (QED) is 0.441. The lowest BCUT2D eigenvalue weighted by molar-refractivity contribution is 0.0693. The molecule has 0 spiro atoms. The maximum atomic E-state index is 12.4. The summed E-state index contributed by atoms with van der Waals surface area (Å²) in [5.74, 6) is -0.831. The van der Waals surface area contributed by atoms with Crippen molar-refractivity contribution in [3.8, 4) is 5.75 Å². The van der Waals surface area contributed by atoms with Gasteiger partial charge in [0.1, 0.15) is 11.3 Å². The van der Waals surface area contributed by atoms with Gasteiger partial charge in [-0.1, -0.05) is 12.1 Å². The molecule has 8 nitrogen and oxygen atoms in total. The van der Waals surface area contributed by atoms with Crippen molar-refractivity contribution in [1.29, 1.82) is 0 Å². The molecule has 1 heterocycles. The molecular weight excluding hydrogens is 383 g/mol. The zero-order chi connectivity index (χ0) is 20.7. The lowest BCUT2D eigenvalue weighted by atomic mass is 10.0. The fourth-order valence-electron chi connectivity index (χ4n) is 2.83. The fraction of sp³-hybridized carbons (Fsp3) is 0.368. The number of nitrogens with one attached hydrogen (secondary N) is 1. The number of pyridine rings is 1. The van der Waals surface area contributed by atoms with Crippen LogP contribution in [0.4, 0.5) is 0 Å². The fourth-order valence-corrected chi connectivity index (χ4v) is 4.50. The Morgan fingerprint density at radius 2 is 2.11 bits per heavy atom. The van der Waals surface area contributed by atoms with Crippen LogP contribution in [0.5, 0.6) is 5.75 Å². The first-order valence-corrected chi connectivity index (χ1v) is 10.8. The standard InChI is InChI=1S/C19H25N2O6P/c1-13(15-5-6-18(27-2)17(8-15)19(23)24)21-10-16(22)12-28(25,26)11-14-4-3-7-20-9-14/h3-9,13,16,21-22H,10-12H2,1-2H3,(H,23,24)(H,25,26)/t13?,16-/m0/s1. The molecule has 28 heavy (non-hydrogen) atoms. The van der Waals surface area contributed by atoms with Gasteiger partial charge in [0.2, 0.25) is 7.37 Å². The molecule has 2 rings (SSSR count). The van der Waals surface area contributed by atoms with Crippen molar-refractivity contribution in [3.63, 3.8) is 0 Å². The highest BCUT2D eigenvalue weighted by atomic mass is 31.2. The Morgan fingerprint density at radius 3 is 2.71 bits per heavy atom. The Labute approximate surface area is 163 Å². The number of aromatic nitrogens is 1. The second-order valence-electron chi connectivity index (χ2n) is 6.60. The Balaban J connectivity index is 1.93. The van der Waals surface area contributed by atoms with Crippen LogP contribution in [0.1, 0.15) is 34.5 Å². The molecule has 9 heteroatoms. The smallest absolute Gasteiger partial charge is 0.339 e. The van der Waals surface area contributed by atoms with Gasteiger partial charge < -0.3 is 25.2 Å². The van der Waals surface area contributed by atoms with Crippen LogP contribution in [0, 0.1) is 0 Å². The number of carboxylic acids is 1. The predicted octanol–water partition coefficient (Wildman–Crippen LogP) is 2.27. The molecule has 0 radical (unpaired) electrons. The van der Waals surface area contributed by atoms with E-state index in [-0.39, 0.29) is 36.2 Å². The molecule has 0 saturated heterocycles. The number of methoxy groups -OCH3 is 1. The number of carboxylic acid groups (broad SMARTS) is 1. The van der Waals surface area contributed by atoms with Gasteiger partial charge in [-0.25, -0.2) is 4.79 Å². The second-order valence-corrected chi connectivity index (χ2v) is 8.97. The first-order valence-electron chi connectivity index (χ1n) is 8.74. The molecule has 2 unspecified atom stereocenters. The molecule has 0 aliphatic heterocycles. The van der Waals surface area contributed by atoms with Gasteiger partial charge in [-0.05, 0) is 36.2 Å². The van der Waals surface area contributed by atoms with Crippen molar-refractivity contribution in [3.05, 3.63) is 59.4 Å². The van der Waals surface area contributed by atoms with Gasteiger partial charge in [-0.15, -0.1) is 0 Å². The van der Waals surface area contributed by atoms with Crippen LogP contribution in [0.2, 0.25) is 0 Å². The average Bonchev–Trinajstić information content (AvgIpc) is 2.65. The van der Waals surface area contributed by atoms with Crippen LogP contribution in [-0.2, 0) is 10.7 Å². The molecular formula is C19H25N2O6P. The molecule has 0 saturated carbocycles. The lowest BCUT2D eigenvalue weighted by Gasteiger charge is -2.20. The number of aliphatic hydroxyl groups is 1. The minimum absolute atomic E-state index is 0.0468. The zero-order valence-electron chi connectivity index (χ0n) is 15.8. The van der Waals surface area contributed by atoms with Crippen LogP contribution in [0.3, 0.4) is 0 Å². The van der Waals surface area contributed by atoms with Crippen molar-refractivity contribution in [2.45, 2.75) is 25.2 Å². The van der Waals surface area contributed by atoms with E-state index < -0.39 is 19.4 Å². The monoisotopic (exact) mass is 408 g/mol. The minimum Gasteiger partial charge on any atom is -0.496 e. The molecule has 0 amide bonds. The number of ether oxygens (including phenoxy) is 1. The Bertz CT molecular complexity index is 846. The molecule has 0 fully saturated rings. The van der Waals surface area contributed by atoms with E-state index in [2.05, 4.69) is 10.3 Å². The third-order valence-corrected chi connectivity index (χ3v) is 6.11. The molecule has 0 aliphatic carbocycles. The number of rotatable bonds is 10. The SMILES string of the molecule is COc1ccc(C(C)NC[C@H](O)CP(=O)(O)Cc2cccnc2)cc1C(=O)O. The molecule has 2 aromatic rings. The van der Waals surface area contributed by atoms with Crippen LogP contribution in [0.25, 0.3) is 0 Å². The highest BCUT2D eigenvalue weighted by Crippen LogP contribution is 2.44. The van der Waals surface area contributed by atoms with Gasteiger partial charge in [0.25, 0.3) is 0 Å². The summed E-state index contributed by atoms with van der Waals surface area (Å²) in [6.07, 6.45) is 1.80. The van der Waals surface area contributed by atoms with Crippen molar-refractivity contribution < 1.29 is 29.2 Å². The first-order chi connectivity index (χ1) is 13.2. The van der Waals surface area contributed by atoms with Gasteiger partial charge in [0, 0.05) is 25.0 Å². The van der Waals surface area contributed by atoms with E-state index in [0.29, 0.717) is 11.1 Å². The number of nitrogens with zero attached hydrogens (tertiary/aromatic N) is 1. The molecule has 4 N–H and O–H groups in total. The average molecular weight is 408 g/mol. The Hall–Kier alpha value is -2.25. The third kappa shape index (κ3) is 6.42. The van der Waals surface area contributed by atoms with Crippen LogP contribution < -0.4 is 10.1 Å². The number of carbonyl (C=O) groups is 1. The molecule has 0 bridgehead atoms. The van der Waals surface area contributed by atoms with E-state index in [1.54, 1.807) is 30.5 Å². The Morgan fingerprint density at radius 1 is 1.36 bits per heavy atom. The van der Waals surface area contributed by atoms with Gasteiger partial charge in [-0.2, -0.15) is 0 Å². The van der Waals surface area contributed by atoms with E-state index in [4.69, 9.17) is 4.74 Å². The summed E-state index contributed by atoms with van der Waals surface area (Å²) in [5.41, 5.74) is 1.39. The van der Waals surface area contributed by atoms with Gasteiger partial charge in [-0.3, -0.25) is 9.55 Å². The molecule has 1 aromatic heterocycles. The first kappa shape index (κ1) is 22.0. The summed E-state index contributed by atoms with van der Waals surface area (Å²) >= 11 is 0. The highest BCUT2D eigenvalue weighted by molar-refractivity contribution is 7.57. The summed E-state index contributed by atoms with van der Waals surface area (Å²) in [6.45, 7) is 1.90. The van der Waals surface area contributed by atoms with Gasteiger partial charge >= 0.3 is 5.97 Å². The summed E-state index contributed by atoms with van der Waals surface area (Å²) in [7, 11) is -2.16. The van der Waals surface area contributed by atoms with Gasteiger partial charge in [0.05, 0.1) is 25.5 Å². The van der Waals surface area contributed by atoms with E-state index in [0.717, 1.165) is 0 Å². The lowest BCUT2D eigenvalue weighted by Crippen LogP contribution is -2.31. The van der Waals surface area contributed by atoms with Crippen molar-refractivity contribution >= 4 is 13.3 Å². The minimum atomic E-state index is -3.56. The molecule has 152 valence electrons. The predicted molar refractivity (Wildman–Crippen MR) is 105 cm³/mol. The van der Waals surface area contributed by atoms with E-state index in [1.807, 2.05) is 6.92 Å². The number of hydrogen-bond acceptors (Lipinski definition) is 6. The van der Waals surface area contributed by atoms with Crippen molar-refractivity contribution in [1.82, 2.24) is 10.3 Å². The van der Waals surface area contributed by atoms with Crippen molar-refractivity contribution in [2.24, 2.45) is 0 Å². The van der Waals surface area contributed by atoms with Crippen molar-refractivity contribution in [2.75, 3.05) is 19.8 Å². The maximum absolute atomic E-state index is 12.4. The topological polar surface area (TPSA) is 129 Å². The second kappa shape index (κ2) is 9.80. The number of benzene rings is 1. The molecule has 0 aliphatic rings. The van der Waals surface area contributed by atoms with E-state index in [9.17, 15) is 24.5 Å². The van der Waals surface area contributed by atoms with Crippen LogP contribution in [-0.4, -0.2) is 52.0 Å². The third-order valence-electron chi connectivity index (χ3n) is 4.26. The summed E-state index contributed by atoms with van der Waals surface area (Å²) < 4.78 is 17.4. The summed E-state index contributed by atoms with van der Waals surface area (Å²) in [6, 6.07) is 7.94. The Kier molecular flexibility index (Phi) is 7.71. The summed E-state index contributed by atoms with van der Waals surface area (Å²) in [4.78, 5) is 25.4. The summed E-state index contributed by atoms with van der Waals surface area (Å²) in [5, 5.41) is 22.5. The number of aliphatic hydroxyl groups excluding tert-OH is 1. The van der Waals surface area contributed by atoms with Crippen LogP contribution >= 0.6 is 7.37 Å². The largest absolute Gasteiger partial charge is 0.496 e. The molecule has 1 aromatic carbocycles.